The van der Waals surface area contributed by atoms with E-state index in [4.69, 9.17) is 24.0 Å². The van der Waals surface area contributed by atoms with Crippen LogP contribution in [0.25, 0.3) is 0 Å². The average Bonchev–Trinajstić information content (AvgIpc) is 2.51. The van der Waals surface area contributed by atoms with Gasteiger partial charge in [0, 0.05) is 33.5 Å². The first kappa shape index (κ1) is 36.2. The summed E-state index contributed by atoms with van der Waals surface area (Å²) in [4.78, 5) is 43.8. The number of carbonyl (C=O) groups is 5. The van der Waals surface area contributed by atoms with Crippen LogP contribution in [0.1, 0.15) is 0 Å². The third-order valence-corrected chi connectivity index (χ3v) is 0.566. The maximum Gasteiger partial charge on any atom is 0.106 e. The zero-order chi connectivity index (χ0) is 14.2. The minimum Gasteiger partial charge on any atom is -0.307 e. The average molecular weight is 413 g/mol. The van der Waals surface area contributed by atoms with Crippen LogP contribution in [0.4, 0.5) is 0 Å². The molecule has 0 saturated carbocycles. The molecular weight excluding hydrogens is 398 g/mol. The molecule has 0 aliphatic carbocycles. The molecule has 96 valence electrons. The van der Waals surface area contributed by atoms with Crippen LogP contribution in [0.3, 0.4) is 0 Å². The standard InChI is InChI=1S/C5H5N.5CH2O.W/c1-2-4-6-5-3-1;5*1-2;/h1-5H;5*1H2;. The van der Waals surface area contributed by atoms with Gasteiger partial charge < -0.3 is 24.0 Å². The van der Waals surface area contributed by atoms with Crippen molar-refractivity contribution >= 4 is 33.9 Å². The Balaban J connectivity index is -0.0000000242. The van der Waals surface area contributed by atoms with Gasteiger partial charge in [-0.05, 0) is 12.1 Å². The minimum atomic E-state index is 0. The molecule has 0 atom stereocenters. The van der Waals surface area contributed by atoms with E-state index in [9.17, 15) is 0 Å². The van der Waals surface area contributed by atoms with Crippen LogP contribution in [0.15, 0.2) is 30.6 Å². The van der Waals surface area contributed by atoms with Gasteiger partial charge in [0.1, 0.15) is 33.9 Å². The molecule has 17 heavy (non-hydrogen) atoms. The fourth-order valence-electron chi connectivity index (χ4n) is 0.313. The quantitative estimate of drug-likeness (QED) is 0.601. The third-order valence-electron chi connectivity index (χ3n) is 0.566. The van der Waals surface area contributed by atoms with Gasteiger partial charge in [0.05, 0.1) is 0 Å². The van der Waals surface area contributed by atoms with E-state index in [2.05, 4.69) is 4.98 Å². The molecule has 0 unspecified atom stereocenters. The van der Waals surface area contributed by atoms with Crippen molar-refractivity contribution < 1.29 is 45.0 Å². The largest absolute Gasteiger partial charge is 0.307 e. The number of rotatable bonds is 0. The molecule has 0 aromatic carbocycles. The van der Waals surface area contributed by atoms with Crippen molar-refractivity contribution in [2.45, 2.75) is 0 Å². The fraction of sp³-hybridized carbons (Fsp3) is 0. The topological polar surface area (TPSA) is 98.2 Å². The summed E-state index contributed by atoms with van der Waals surface area (Å²) in [5, 5.41) is 0. The molecule has 0 saturated heterocycles. The Morgan fingerprint density at radius 3 is 0.824 bits per heavy atom. The Kier molecular flexibility index (Phi) is 300. The van der Waals surface area contributed by atoms with E-state index in [-0.39, 0.29) is 21.1 Å². The molecule has 1 aromatic heterocycles. The SMILES string of the molecule is C=O.C=O.C=O.C=O.C=O.[W].c1ccncc1. The van der Waals surface area contributed by atoms with Gasteiger partial charge in [-0.2, -0.15) is 0 Å². The van der Waals surface area contributed by atoms with Crippen molar-refractivity contribution in [3.8, 4) is 0 Å². The van der Waals surface area contributed by atoms with E-state index in [0.717, 1.165) is 0 Å². The Hall–Kier alpha value is -1.81. The van der Waals surface area contributed by atoms with Crippen molar-refractivity contribution in [3.05, 3.63) is 30.6 Å². The monoisotopic (exact) mass is 413 g/mol. The predicted octanol–water partition coefficient (Wildman–Crippen LogP) is 0.155. The van der Waals surface area contributed by atoms with Crippen molar-refractivity contribution in [3.63, 3.8) is 0 Å². The number of aromatic nitrogens is 1. The molecule has 7 heteroatoms. The van der Waals surface area contributed by atoms with Crippen LogP contribution >= 0.6 is 0 Å². The molecule has 0 radical (unpaired) electrons. The Morgan fingerprint density at radius 1 is 0.529 bits per heavy atom. The first-order chi connectivity index (χ1) is 8.00. The van der Waals surface area contributed by atoms with E-state index in [1.54, 1.807) is 12.4 Å². The van der Waals surface area contributed by atoms with E-state index in [1.165, 1.54) is 0 Å². The third kappa shape index (κ3) is 120. The van der Waals surface area contributed by atoms with Crippen LogP contribution in [0, 0.1) is 0 Å². The maximum absolute atomic E-state index is 8.00. The van der Waals surface area contributed by atoms with Gasteiger partial charge in [0.25, 0.3) is 0 Å². The molecule has 6 nitrogen and oxygen atoms in total. The first-order valence-corrected chi connectivity index (χ1v) is 3.29. The second-order valence-corrected chi connectivity index (χ2v) is 1.02. The normalized spacial score (nSPS) is 4.00. The first-order valence-electron chi connectivity index (χ1n) is 3.29. The number of nitrogens with zero attached hydrogens (tertiary/aromatic N) is 1. The zero-order valence-electron chi connectivity index (χ0n) is 9.32. The summed E-state index contributed by atoms with van der Waals surface area (Å²) >= 11 is 0. The summed E-state index contributed by atoms with van der Waals surface area (Å²) in [6, 6.07) is 5.72. The molecule has 0 aliphatic rings. The van der Waals surface area contributed by atoms with Gasteiger partial charge in [-0.3, -0.25) is 4.98 Å². The zero-order valence-corrected chi connectivity index (χ0v) is 12.3. The number of hydrogen-bond donors (Lipinski definition) is 0. The molecule has 0 amide bonds. The molecule has 0 spiro atoms. The van der Waals surface area contributed by atoms with Gasteiger partial charge in [-0.25, -0.2) is 0 Å². The molecule has 0 N–H and O–H groups in total. The van der Waals surface area contributed by atoms with Gasteiger partial charge in [-0.1, -0.05) is 6.07 Å². The molecule has 1 heterocycles. The van der Waals surface area contributed by atoms with Crippen molar-refractivity contribution in [2.75, 3.05) is 0 Å². The summed E-state index contributed by atoms with van der Waals surface area (Å²) in [6.07, 6.45) is 3.50. The van der Waals surface area contributed by atoms with Gasteiger partial charge in [0.15, 0.2) is 0 Å². The molecule has 0 bridgehead atoms. The molecular formula is C10H15NO5W. The summed E-state index contributed by atoms with van der Waals surface area (Å²) in [5.74, 6) is 0. The smallest absolute Gasteiger partial charge is 0.106 e. The van der Waals surface area contributed by atoms with Crippen LogP contribution in [0.2, 0.25) is 0 Å². The minimum absolute atomic E-state index is 0. The second-order valence-electron chi connectivity index (χ2n) is 1.02. The van der Waals surface area contributed by atoms with E-state index in [0.29, 0.717) is 0 Å². The Bertz CT molecular complexity index is 141. The maximum atomic E-state index is 8.00. The van der Waals surface area contributed by atoms with Crippen LogP contribution in [-0.2, 0) is 45.0 Å². The summed E-state index contributed by atoms with van der Waals surface area (Å²) < 4.78 is 0. The van der Waals surface area contributed by atoms with Crippen LogP contribution in [-0.4, -0.2) is 38.9 Å². The molecule has 0 aliphatic heterocycles. The van der Waals surface area contributed by atoms with E-state index >= 15 is 0 Å². The van der Waals surface area contributed by atoms with E-state index in [1.807, 2.05) is 52.1 Å². The number of hydrogen-bond acceptors (Lipinski definition) is 6. The van der Waals surface area contributed by atoms with Gasteiger partial charge in [-0.15, -0.1) is 0 Å². The van der Waals surface area contributed by atoms with Crippen LogP contribution < -0.4 is 0 Å². The number of carbonyl (C=O) groups excluding carboxylic acids is 5. The molecule has 1 rings (SSSR count). The predicted molar refractivity (Wildman–Crippen MR) is 59.8 cm³/mol. The van der Waals surface area contributed by atoms with Crippen LogP contribution in [0.5, 0.6) is 0 Å². The van der Waals surface area contributed by atoms with Crippen molar-refractivity contribution in [1.29, 1.82) is 0 Å². The van der Waals surface area contributed by atoms with Gasteiger partial charge in [0.2, 0.25) is 0 Å². The van der Waals surface area contributed by atoms with Crippen molar-refractivity contribution in [2.24, 2.45) is 0 Å². The number of pyridine rings is 1. The second kappa shape index (κ2) is 141. The van der Waals surface area contributed by atoms with E-state index < -0.39 is 0 Å². The van der Waals surface area contributed by atoms with Gasteiger partial charge >= 0.3 is 0 Å². The Morgan fingerprint density at radius 2 is 0.765 bits per heavy atom. The Labute approximate surface area is 115 Å². The summed E-state index contributed by atoms with van der Waals surface area (Å²) in [7, 11) is 0. The molecule has 0 fully saturated rings. The van der Waals surface area contributed by atoms with Crippen molar-refractivity contribution in [1.82, 2.24) is 4.98 Å². The summed E-state index contributed by atoms with van der Waals surface area (Å²) in [5.41, 5.74) is 0. The molecule has 1 aromatic rings. The fourth-order valence-corrected chi connectivity index (χ4v) is 0.313. The summed E-state index contributed by atoms with van der Waals surface area (Å²) in [6.45, 7) is 10.0.